The molecule has 3 nitrogen and oxygen atoms in total. The number of hydrogen-bond acceptors (Lipinski definition) is 3. The smallest absolute Gasteiger partial charge is 0.165 e. The SMILES string of the molecule is C#C[C@H](COC1(C#C)CCCC1)[C@H](C)C[C@H]([CH2])OC1(O)CCCC1. The summed E-state index contributed by atoms with van der Waals surface area (Å²) >= 11 is 0. The Morgan fingerprint density at radius 1 is 1.12 bits per heavy atom. The van der Waals surface area contributed by atoms with Gasteiger partial charge in [0.2, 0.25) is 0 Å². The van der Waals surface area contributed by atoms with E-state index in [0.717, 1.165) is 38.5 Å². The molecule has 1 N–H and O–H groups in total. The Morgan fingerprint density at radius 2 is 1.71 bits per heavy atom. The van der Waals surface area contributed by atoms with Gasteiger partial charge in [0.05, 0.1) is 12.7 Å². The molecule has 0 aromatic rings. The summed E-state index contributed by atoms with van der Waals surface area (Å²) in [6.07, 6.45) is 19.3. The van der Waals surface area contributed by atoms with Gasteiger partial charge in [-0.05, 0) is 57.8 Å². The zero-order chi connectivity index (χ0) is 17.6. The zero-order valence-electron chi connectivity index (χ0n) is 14.9. The average molecular weight is 331 g/mol. The molecule has 3 atom stereocenters. The number of hydrogen-bond donors (Lipinski definition) is 1. The molecule has 0 aliphatic heterocycles. The highest BCUT2D eigenvalue weighted by molar-refractivity contribution is 5.11. The molecule has 0 aromatic carbocycles. The van der Waals surface area contributed by atoms with Gasteiger partial charge < -0.3 is 14.6 Å². The molecular weight excluding hydrogens is 300 g/mol. The van der Waals surface area contributed by atoms with Crippen molar-refractivity contribution in [3.63, 3.8) is 0 Å². The topological polar surface area (TPSA) is 38.7 Å². The van der Waals surface area contributed by atoms with E-state index in [1.165, 1.54) is 0 Å². The van der Waals surface area contributed by atoms with Gasteiger partial charge >= 0.3 is 0 Å². The van der Waals surface area contributed by atoms with Crippen LogP contribution in [0.4, 0.5) is 0 Å². The van der Waals surface area contributed by atoms with Crippen LogP contribution >= 0.6 is 0 Å². The third-order valence-electron chi connectivity index (χ3n) is 5.52. The molecule has 0 saturated heterocycles. The first-order valence-electron chi connectivity index (χ1n) is 9.23. The summed E-state index contributed by atoms with van der Waals surface area (Å²) in [5, 5.41) is 10.3. The van der Waals surface area contributed by atoms with Crippen LogP contribution in [0.3, 0.4) is 0 Å². The first-order valence-corrected chi connectivity index (χ1v) is 9.23. The van der Waals surface area contributed by atoms with Crippen molar-refractivity contribution in [3.05, 3.63) is 6.92 Å². The van der Waals surface area contributed by atoms with E-state index in [0.29, 0.717) is 25.9 Å². The summed E-state index contributed by atoms with van der Waals surface area (Å²) in [5.74, 6) is 4.84. The normalized spacial score (nSPS) is 25.5. The van der Waals surface area contributed by atoms with Crippen molar-refractivity contribution in [2.45, 2.75) is 82.2 Å². The Kier molecular flexibility index (Phi) is 6.76. The van der Waals surface area contributed by atoms with Crippen LogP contribution in [0, 0.1) is 43.4 Å². The Labute approximate surface area is 147 Å². The monoisotopic (exact) mass is 331 g/mol. The van der Waals surface area contributed by atoms with Crippen LogP contribution in [0.15, 0.2) is 0 Å². The third-order valence-corrected chi connectivity index (χ3v) is 5.52. The summed E-state index contributed by atoms with van der Waals surface area (Å²) in [7, 11) is 0. The first kappa shape index (κ1) is 19.3. The number of ether oxygens (including phenoxy) is 2. The standard InChI is InChI=1S/C21H31O3/c1-5-19(16-23-20(6-2)11-7-8-12-20)17(3)15-18(4)24-21(22)13-9-10-14-21/h1-2,17-19,22H,4,7-16H2,3H3/t17-,18+,19-/m1/s1. The lowest BCUT2D eigenvalue weighted by atomic mass is 9.90. The van der Waals surface area contributed by atoms with E-state index in [4.69, 9.17) is 22.3 Å². The highest BCUT2D eigenvalue weighted by atomic mass is 16.6. The van der Waals surface area contributed by atoms with Crippen molar-refractivity contribution < 1.29 is 14.6 Å². The molecule has 133 valence electrons. The van der Waals surface area contributed by atoms with Crippen LogP contribution in [-0.2, 0) is 9.47 Å². The van der Waals surface area contributed by atoms with Crippen molar-refractivity contribution in [2.24, 2.45) is 11.8 Å². The molecule has 0 bridgehead atoms. The molecule has 0 heterocycles. The lowest BCUT2D eigenvalue weighted by Crippen LogP contribution is -2.35. The van der Waals surface area contributed by atoms with Crippen molar-refractivity contribution >= 4 is 0 Å². The number of rotatable bonds is 8. The maximum atomic E-state index is 10.3. The maximum absolute atomic E-state index is 10.3. The average Bonchev–Trinajstić information content (AvgIpc) is 3.17. The Hall–Kier alpha value is -1.00. The van der Waals surface area contributed by atoms with Gasteiger partial charge in [-0.2, -0.15) is 0 Å². The van der Waals surface area contributed by atoms with E-state index in [-0.39, 0.29) is 17.9 Å². The van der Waals surface area contributed by atoms with Gasteiger partial charge in [-0.15, -0.1) is 18.8 Å². The molecule has 2 aliphatic carbocycles. The van der Waals surface area contributed by atoms with Gasteiger partial charge in [0.1, 0.15) is 5.60 Å². The van der Waals surface area contributed by atoms with Crippen LogP contribution in [-0.4, -0.2) is 29.2 Å². The van der Waals surface area contributed by atoms with E-state index in [2.05, 4.69) is 25.7 Å². The van der Waals surface area contributed by atoms with Gasteiger partial charge in [0.15, 0.2) is 5.79 Å². The molecule has 2 rings (SSSR count). The Bertz CT molecular complexity index is 472. The zero-order valence-corrected chi connectivity index (χ0v) is 14.9. The van der Waals surface area contributed by atoms with E-state index in [9.17, 15) is 5.11 Å². The molecule has 1 radical (unpaired) electrons. The Morgan fingerprint density at radius 3 is 2.25 bits per heavy atom. The predicted octanol–water partition coefficient (Wildman–Crippen LogP) is 3.71. The summed E-state index contributed by atoms with van der Waals surface area (Å²) < 4.78 is 11.8. The minimum Gasteiger partial charge on any atom is -0.365 e. The summed E-state index contributed by atoms with van der Waals surface area (Å²) in [5.41, 5.74) is -0.422. The Balaban J connectivity index is 1.81. The van der Waals surface area contributed by atoms with Gasteiger partial charge in [-0.3, -0.25) is 0 Å². The molecule has 0 spiro atoms. The maximum Gasteiger partial charge on any atom is 0.165 e. The fourth-order valence-electron chi connectivity index (χ4n) is 3.88. The minimum atomic E-state index is -0.994. The second-order valence-electron chi connectivity index (χ2n) is 7.54. The van der Waals surface area contributed by atoms with Gasteiger partial charge in [-0.1, -0.05) is 12.8 Å². The molecular formula is C21H31O3. The molecule has 3 heteroatoms. The fourth-order valence-corrected chi connectivity index (χ4v) is 3.88. The molecule has 24 heavy (non-hydrogen) atoms. The van der Waals surface area contributed by atoms with Crippen LogP contribution in [0.25, 0.3) is 0 Å². The van der Waals surface area contributed by atoms with Gasteiger partial charge in [-0.25, -0.2) is 0 Å². The van der Waals surface area contributed by atoms with E-state index in [1.807, 2.05) is 0 Å². The van der Waals surface area contributed by atoms with E-state index < -0.39 is 11.4 Å². The third kappa shape index (κ3) is 5.00. The van der Waals surface area contributed by atoms with Crippen LogP contribution in [0.5, 0.6) is 0 Å². The summed E-state index contributed by atoms with van der Waals surface area (Å²) in [6.45, 7) is 6.61. The summed E-state index contributed by atoms with van der Waals surface area (Å²) in [4.78, 5) is 0. The van der Waals surface area contributed by atoms with E-state index >= 15 is 0 Å². The number of terminal acetylenes is 2. The molecule has 2 fully saturated rings. The molecule has 2 aliphatic rings. The fraction of sp³-hybridized carbons (Fsp3) is 0.762. The lowest BCUT2D eigenvalue weighted by molar-refractivity contribution is -0.218. The molecule has 0 amide bonds. The molecule has 0 unspecified atom stereocenters. The van der Waals surface area contributed by atoms with Crippen LogP contribution in [0.2, 0.25) is 0 Å². The second-order valence-corrected chi connectivity index (χ2v) is 7.54. The molecule has 2 saturated carbocycles. The van der Waals surface area contributed by atoms with Crippen molar-refractivity contribution in [2.75, 3.05) is 6.61 Å². The highest BCUT2D eigenvalue weighted by Gasteiger charge is 2.36. The van der Waals surface area contributed by atoms with Gasteiger partial charge in [0, 0.05) is 18.8 Å². The largest absolute Gasteiger partial charge is 0.365 e. The van der Waals surface area contributed by atoms with Crippen molar-refractivity contribution in [3.8, 4) is 24.7 Å². The van der Waals surface area contributed by atoms with Crippen LogP contribution < -0.4 is 0 Å². The quantitative estimate of drug-likeness (QED) is 0.544. The highest BCUT2D eigenvalue weighted by Crippen LogP contribution is 2.35. The first-order chi connectivity index (χ1) is 11.4. The molecule has 0 aromatic heterocycles. The van der Waals surface area contributed by atoms with E-state index in [1.54, 1.807) is 0 Å². The summed E-state index contributed by atoms with van der Waals surface area (Å²) in [6, 6.07) is 0. The van der Waals surface area contributed by atoms with Gasteiger partial charge in [0.25, 0.3) is 0 Å². The van der Waals surface area contributed by atoms with Crippen LogP contribution in [0.1, 0.15) is 64.7 Å². The number of aliphatic hydroxyl groups is 1. The predicted molar refractivity (Wildman–Crippen MR) is 95.7 cm³/mol. The lowest BCUT2D eigenvalue weighted by Gasteiger charge is -2.31. The minimum absolute atomic E-state index is 0.0260. The van der Waals surface area contributed by atoms with Crippen molar-refractivity contribution in [1.29, 1.82) is 0 Å². The second kappa shape index (κ2) is 8.39. The van der Waals surface area contributed by atoms with Crippen molar-refractivity contribution in [1.82, 2.24) is 0 Å².